The summed E-state index contributed by atoms with van der Waals surface area (Å²) in [6.45, 7) is 8.49. The Bertz CT molecular complexity index is 482. The van der Waals surface area contributed by atoms with Crippen molar-refractivity contribution in [2.24, 2.45) is 0 Å². The Labute approximate surface area is 115 Å². The average molecular weight is 261 g/mol. The fourth-order valence-electron chi connectivity index (χ4n) is 2.59. The van der Waals surface area contributed by atoms with Crippen LogP contribution in [-0.4, -0.2) is 31.6 Å². The summed E-state index contributed by atoms with van der Waals surface area (Å²) in [7, 11) is 1.95. The number of amides is 1. The van der Waals surface area contributed by atoms with Crippen LogP contribution in [0.25, 0.3) is 0 Å². The molecule has 0 saturated carbocycles. The summed E-state index contributed by atoms with van der Waals surface area (Å²) in [5, 5.41) is 6.10. The fourth-order valence-corrected chi connectivity index (χ4v) is 2.59. The molecule has 1 saturated heterocycles. The molecular formula is C15H23N3O. The summed E-state index contributed by atoms with van der Waals surface area (Å²) in [6.07, 6.45) is 0. The number of carbonyl (C=O) groups is 1. The lowest BCUT2D eigenvalue weighted by atomic mass is 9.97. The van der Waals surface area contributed by atoms with Gasteiger partial charge in [0.05, 0.1) is 0 Å². The van der Waals surface area contributed by atoms with Crippen LogP contribution < -0.4 is 15.5 Å². The molecule has 1 aromatic rings. The summed E-state index contributed by atoms with van der Waals surface area (Å²) in [6, 6.07) is 6.43. The third-order valence-electron chi connectivity index (χ3n) is 3.86. The van der Waals surface area contributed by atoms with Crippen LogP contribution in [0.3, 0.4) is 0 Å². The lowest BCUT2D eigenvalue weighted by Crippen LogP contribution is -2.62. The van der Waals surface area contributed by atoms with Gasteiger partial charge in [-0.05, 0) is 51.1 Å². The van der Waals surface area contributed by atoms with Gasteiger partial charge in [-0.25, -0.2) is 0 Å². The zero-order valence-corrected chi connectivity index (χ0v) is 12.2. The first kappa shape index (κ1) is 13.9. The van der Waals surface area contributed by atoms with Crippen molar-refractivity contribution >= 4 is 11.6 Å². The SMILES string of the molecule is CNCc1ccc(N2CCNC(=O)C2(C)C)cc1C. The molecule has 0 spiro atoms. The van der Waals surface area contributed by atoms with Crippen LogP contribution in [-0.2, 0) is 11.3 Å². The monoisotopic (exact) mass is 261 g/mol. The minimum atomic E-state index is -0.491. The highest BCUT2D eigenvalue weighted by atomic mass is 16.2. The van der Waals surface area contributed by atoms with E-state index in [1.54, 1.807) is 0 Å². The number of aryl methyl sites for hydroxylation is 1. The van der Waals surface area contributed by atoms with Crippen molar-refractivity contribution in [3.05, 3.63) is 29.3 Å². The molecule has 4 heteroatoms. The Hall–Kier alpha value is -1.55. The van der Waals surface area contributed by atoms with Gasteiger partial charge in [0, 0.05) is 25.3 Å². The highest BCUT2D eigenvalue weighted by molar-refractivity contribution is 5.90. The molecule has 1 aliphatic heterocycles. The molecule has 1 amide bonds. The number of anilines is 1. The normalized spacial score (nSPS) is 18.3. The number of nitrogens with zero attached hydrogens (tertiary/aromatic N) is 1. The molecule has 19 heavy (non-hydrogen) atoms. The first-order valence-electron chi connectivity index (χ1n) is 6.77. The molecule has 0 bridgehead atoms. The van der Waals surface area contributed by atoms with Gasteiger partial charge >= 0.3 is 0 Å². The average Bonchev–Trinajstić information content (AvgIpc) is 2.35. The number of rotatable bonds is 3. The van der Waals surface area contributed by atoms with Crippen molar-refractivity contribution in [2.75, 3.05) is 25.0 Å². The third kappa shape index (κ3) is 2.59. The number of piperazine rings is 1. The number of nitrogens with one attached hydrogen (secondary N) is 2. The van der Waals surface area contributed by atoms with Crippen molar-refractivity contribution in [1.29, 1.82) is 0 Å². The topological polar surface area (TPSA) is 44.4 Å². The molecule has 0 atom stereocenters. The smallest absolute Gasteiger partial charge is 0.245 e. The minimum Gasteiger partial charge on any atom is -0.356 e. The van der Waals surface area contributed by atoms with Crippen LogP contribution in [0, 0.1) is 6.92 Å². The molecule has 0 aliphatic carbocycles. The fraction of sp³-hybridized carbons (Fsp3) is 0.533. The molecule has 0 unspecified atom stereocenters. The van der Waals surface area contributed by atoms with Gasteiger partial charge in [-0.15, -0.1) is 0 Å². The van der Waals surface area contributed by atoms with Gasteiger partial charge in [0.2, 0.25) is 5.91 Å². The van der Waals surface area contributed by atoms with Crippen LogP contribution >= 0.6 is 0 Å². The molecule has 1 aliphatic rings. The van der Waals surface area contributed by atoms with E-state index in [0.717, 1.165) is 18.8 Å². The predicted octanol–water partition coefficient (Wildman–Crippen LogP) is 1.43. The lowest BCUT2D eigenvalue weighted by Gasteiger charge is -2.43. The molecule has 1 aromatic carbocycles. The quantitative estimate of drug-likeness (QED) is 0.865. The van der Waals surface area contributed by atoms with Crippen LogP contribution in [0.5, 0.6) is 0 Å². The summed E-state index contributed by atoms with van der Waals surface area (Å²) >= 11 is 0. The lowest BCUT2D eigenvalue weighted by molar-refractivity contribution is -0.126. The number of carbonyl (C=O) groups excluding carboxylic acids is 1. The maximum atomic E-state index is 12.0. The molecular weight excluding hydrogens is 238 g/mol. The van der Waals surface area contributed by atoms with Crippen LogP contribution in [0.1, 0.15) is 25.0 Å². The summed E-state index contributed by atoms with van der Waals surface area (Å²) in [4.78, 5) is 14.2. The second-order valence-corrected chi connectivity index (χ2v) is 5.61. The standard InChI is InChI=1S/C15H23N3O/c1-11-9-13(6-5-12(11)10-16-4)18-8-7-17-14(19)15(18,2)3/h5-6,9,16H,7-8,10H2,1-4H3,(H,17,19). The van der Waals surface area contributed by atoms with Crippen LogP contribution in [0.2, 0.25) is 0 Å². The largest absolute Gasteiger partial charge is 0.356 e. The van der Waals surface area contributed by atoms with Crippen molar-refractivity contribution in [2.45, 2.75) is 32.9 Å². The highest BCUT2D eigenvalue weighted by Gasteiger charge is 2.37. The molecule has 0 radical (unpaired) electrons. The van der Waals surface area contributed by atoms with Gasteiger partial charge in [-0.2, -0.15) is 0 Å². The van der Waals surface area contributed by atoms with Gasteiger partial charge in [0.15, 0.2) is 0 Å². The third-order valence-corrected chi connectivity index (χ3v) is 3.86. The summed E-state index contributed by atoms with van der Waals surface area (Å²) < 4.78 is 0. The number of hydrogen-bond acceptors (Lipinski definition) is 3. The van der Waals surface area contributed by atoms with Gasteiger partial charge in [0.1, 0.15) is 5.54 Å². The second kappa shape index (κ2) is 5.21. The maximum Gasteiger partial charge on any atom is 0.245 e. The molecule has 0 aromatic heterocycles. The van der Waals surface area contributed by atoms with E-state index in [9.17, 15) is 4.79 Å². The van der Waals surface area contributed by atoms with Gasteiger partial charge in [0.25, 0.3) is 0 Å². The first-order chi connectivity index (χ1) is 8.96. The Morgan fingerprint density at radius 2 is 2.16 bits per heavy atom. The molecule has 2 N–H and O–H groups in total. The second-order valence-electron chi connectivity index (χ2n) is 5.61. The molecule has 1 fully saturated rings. The van der Waals surface area contributed by atoms with Crippen LogP contribution in [0.4, 0.5) is 5.69 Å². The van der Waals surface area contributed by atoms with E-state index in [1.807, 2.05) is 20.9 Å². The van der Waals surface area contributed by atoms with Gasteiger partial charge < -0.3 is 15.5 Å². The predicted molar refractivity (Wildman–Crippen MR) is 78.4 cm³/mol. The molecule has 4 nitrogen and oxygen atoms in total. The number of hydrogen-bond donors (Lipinski definition) is 2. The van der Waals surface area contributed by atoms with E-state index >= 15 is 0 Å². The van der Waals surface area contributed by atoms with E-state index in [-0.39, 0.29) is 5.91 Å². The summed E-state index contributed by atoms with van der Waals surface area (Å²) in [5.74, 6) is 0.0932. The van der Waals surface area contributed by atoms with Gasteiger partial charge in [-0.3, -0.25) is 4.79 Å². The Balaban J connectivity index is 2.31. The zero-order valence-electron chi connectivity index (χ0n) is 12.2. The van der Waals surface area contributed by atoms with Crippen molar-refractivity contribution in [3.63, 3.8) is 0 Å². The van der Waals surface area contributed by atoms with E-state index < -0.39 is 5.54 Å². The van der Waals surface area contributed by atoms with E-state index in [2.05, 4.69) is 40.7 Å². The molecule has 104 valence electrons. The molecule has 1 heterocycles. The van der Waals surface area contributed by atoms with Crippen molar-refractivity contribution in [1.82, 2.24) is 10.6 Å². The summed E-state index contributed by atoms with van der Waals surface area (Å²) in [5.41, 5.74) is 3.19. The van der Waals surface area contributed by atoms with Crippen molar-refractivity contribution in [3.8, 4) is 0 Å². The van der Waals surface area contributed by atoms with E-state index in [1.165, 1.54) is 11.1 Å². The molecule has 2 rings (SSSR count). The van der Waals surface area contributed by atoms with Crippen LogP contribution in [0.15, 0.2) is 18.2 Å². The minimum absolute atomic E-state index is 0.0932. The Morgan fingerprint density at radius 1 is 1.42 bits per heavy atom. The van der Waals surface area contributed by atoms with E-state index in [4.69, 9.17) is 0 Å². The Kier molecular flexibility index (Phi) is 3.80. The Morgan fingerprint density at radius 3 is 2.79 bits per heavy atom. The zero-order chi connectivity index (χ0) is 14.0. The highest BCUT2D eigenvalue weighted by Crippen LogP contribution is 2.27. The van der Waals surface area contributed by atoms with Crippen molar-refractivity contribution < 1.29 is 4.79 Å². The maximum absolute atomic E-state index is 12.0. The van der Waals surface area contributed by atoms with E-state index in [0.29, 0.717) is 6.54 Å². The first-order valence-corrected chi connectivity index (χ1v) is 6.77. The van der Waals surface area contributed by atoms with Gasteiger partial charge in [-0.1, -0.05) is 6.07 Å². The number of benzene rings is 1.